The highest BCUT2D eigenvalue weighted by molar-refractivity contribution is 6.47. The van der Waals surface area contributed by atoms with Crippen LogP contribution in [0.15, 0.2) is 54.1 Å². The van der Waals surface area contributed by atoms with Gasteiger partial charge in [0.2, 0.25) is 0 Å². The van der Waals surface area contributed by atoms with E-state index in [0.717, 1.165) is 6.54 Å². The molecule has 1 saturated heterocycles. The molecule has 1 N–H and O–H groups in total. The van der Waals surface area contributed by atoms with Gasteiger partial charge in [-0.3, -0.25) is 9.59 Å². The smallest absolute Gasteiger partial charge is 0.295 e. The maximum absolute atomic E-state index is 12.9. The van der Waals surface area contributed by atoms with Gasteiger partial charge in [0.15, 0.2) is 0 Å². The van der Waals surface area contributed by atoms with Crippen molar-refractivity contribution in [3.05, 3.63) is 75.3 Å². The van der Waals surface area contributed by atoms with Crippen LogP contribution in [0.4, 0.5) is 0 Å². The van der Waals surface area contributed by atoms with Crippen molar-refractivity contribution in [2.45, 2.75) is 12.5 Å². The van der Waals surface area contributed by atoms with Crippen LogP contribution in [0.25, 0.3) is 5.76 Å². The fourth-order valence-corrected chi connectivity index (χ4v) is 3.98. The molecule has 1 fully saturated rings. The van der Waals surface area contributed by atoms with Gasteiger partial charge in [0.25, 0.3) is 11.7 Å². The zero-order valence-corrected chi connectivity index (χ0v) is 17.7. The number of carbonyl (C=O) groups excluding carboxylic acids is 2. The first kappa shape index (κ1) is 21.4. The molecule has 0 unspecified atom stereocenters. The molecule has 5 nitrogen and oxygen atoms in total. The molecule has 0 aliphatic carbocycles. The maximum Gasteiger partial charge on any atom is 0.295 e. The van der Waals surface area contributed by atoms with Crippen molar-refractivity contribution in [3.63, 3.8) is 0 Å². The SMILES string of the molecule is CN(C)CCCN1C(=O)C(=O)C(=C(O)c2ccccc2)[C@H]1c1ccc(Cl)cc1Cl. The number of carbonyl (C=O) groups is 2. The number of Topliss-reactive ketones (excluding diaryl/α,β-unsaturated/α-hetero) is 1. The lowest BCUT2D eigenvalue weighted by molar-refractivity contribution is -0.139. The van der Waals surface area contributed by atoms with E-state index in [1.807, 2.05) is 25.1 Å². The molecule has 152 valence electrons. The minimum absolute atomic E-state index is 0.0373. The van der Waals surface area contributed by atoms with Crippen molar-refractivity contribution < 1.29 is 14.7 Å². The minimum Gasteiger partial charge on any atom is -0.507 e. The van der Waals surface area contributed by atoms with Crippen molar-refractivity contribution in [2.75, 3.05) is 27.2 Å². The number of halogens is 2. The molecular weight excluding hydrogens is 411 g/mol. The minimum atomic E-state index is -0.776. The van der Waals surface area contributed by atoms with E-state index in [1.54, 1.807) is 42.5 Å². The highest BCUT2D eigenvalue weighted by atomic mass is 35.5. The molecule has 0 aromatic heterocycles. The third-order valence-corrected chi connectivity index (χ3v) is 5.41. The van der Waals surface area contributed by atoms with Crippen LogP contribution >= 0.6 is 23.2 Å². The van der Waals surface area contributed by atoms with E-state index < -0.39 is 17.7 Å². The summed E-state index contributed by atoms with van der Waals surface area (Å²) in [7, 11) is 3.88. The van der Waals surface area contributed by atoms with Crippen molar-refractivity contribution >= 4 is 40.7 Å². The van der Waals surface area contributed by atoms with Crippen molar-refractivity contribution in [2.24, 2.45) is 0 Å². The topological polar surface area (TPSA) is 60.9 Å². The summed E-state index contributed by atoms with van der Waals surface area (Å²) < 4.78 is 0. The molecule has 0 spiro atoms. The summed E-state index contributed by atoms with van der Waals surface area (Å²) in [6, 6.07) is 12.8. The van der Waals surface area contributed by atoms with Gasteiger partial charge in [0.05, 0.1) is 11.6 Å². The zero-order valence-electron chi connectivity index (χ0n) is 16.2. The Labute approximate surface area is 180 Å². The van der Waals surface area contributed by atoms with Crippen molar-refractivity contribution in [1.82, 2.24) is 9.80 Å². The summed E-state index contributed by atoms with van der Waals surface area (Å²) in [6.45, 7) is 1.11. The zero-order chi connectivity index (χ0) is 21.1. The molecular formula is C22H22Cl2N2O3. The van der Waals surface area contributed by atoms with Gasteiger partial charge in [0.1, 0.15) is 5.76 Å². The second-order valence-corrected chi connectivity index (χ2v) is 8.02. The van der Waals surface area contributed by atoms with Gasteiger partial charge in [-0.15, -0.1) is 0 Å². The van der Waals surface area contributed by atoms with Crippen LogP contribution in [0, 0.1) is 0 Å². The molecule has 1 amide bonds. The quantitative estimate of drug-likeness (QED) is 0.418. The molecule has 3 rings (SSSR count). The lowest BCUT2D eigenvalue weighted by atomic mass is 9.95. The third-order valence-electron chi connectivity index (χ3n) is 4.85. The Balaban J connectivity index is 2.12. The Morgan fingerprint density at radius 2 is 1.79 bits per heavy atom. The lowest BCUT2D eigenvalue weighted by Gasteiger charge is -2.26. The van der Waals surface area contributed by atoms with E-state index in [0.29, 0.717) is 34.1 Å². The first-order valence-corrected chi connectivity index (χ1v) is 10.0. The monoisotopic (exact) mass is 432 g/mol. The fourth-order valence-electron chi connectivity index (χ4n) is 3.47. The van der Waals surface area contributed by atoms with Gasteiger partial charge >= 0.3 is 0 Å². The maximum atomic E-state index is 12.9. The summed E-state index contributed by atoms with van der Waals surface area (Å²) in [5.41, 5.74) is 1.06. The summed E-state index contributed by atoms with van der Waals surface area (Å²) in [5, 5.41) is 11.7. The molecule has 1 atom stereocenters. The van der Waals surface area contributed by atoms with Crippen LogP contribution < -0.4 is 0 Å². The van der Waals surface area contributed by atoms with E-state index >= 15 is 0 Å². The normalized spacial score (nSPS) is 18.7. The lowest BCUT2D eigenvalue weighted by Crippen LogP contribution is -2.32. The van der Waals surface area contributed by atoms with E-state index in [2.05, 4.69) is 0 Å². The number of nitrogens with zero attached hydrogens (tertiary/aromatic N) is 2. The Morgan fingerprint density at radius 1 is 1.10 bits per heavy atom. The average molecular weight is 433 g/mol. The molecule has 2 aromatic carbocycles. The predicted octanol–water partition coefficient (Wildman–Crippen LogP) is 4.37. The Morgan fingerprint density at radius 3 is 2.41 bits per heavy atom. The summed E-state index contributed by atoms with van der Waals surface area (Å²) in [5.74, 6) is -1.57. The number of ketones is 1. The molecule has 0 radical (unpaired) electrons. The third kappa shape index (κ3) is 4.47. The van der Waals surface area contributed by atoms with Gasteiger partial charge in [-0.1, -0.05) is 59.6 Å². The number of aliphatic hydroxyl groups excluding tert-OH is 1. The standard InChI is InChI=1S/C22H22Cl2N2O3/c1-25(2)11-6-12-26-19(16-10-9-15(23)13-17(16)24)18(21(28)22(26)29)20(27)14-7-4-3-5-8-14/h3-5,7-10,13,19,27H,6,11-12H2,1-2H3/t19-/m1/s1. The van der Waals surface area contributed by atoms with Gasteiger partial charge in [-0.2, -0.15) is 0 Å². The largest absolute Gasteiger partial charge is 0.507 e. The second kappa shape index (κ2) is 8.99. The summed E-state index contributed by atoms with van der Waals surface area (Å²) >= 11 is 12.5. The van der Waals surface area contributed by atoms with Gasteiger partial charge in [-0.25, -0.2) is 0 Å². The van der Waals surface area contributed by atoms with E-state index in [-0.39, 0.29) is 11.3 Å². The number of likely N-dealkylation sites (tertiary alicyclic amines) is 1. The molecule has 0 bridgehead atoms. The van der Waals surface area contributed by atoms with Crippen molar-refractivity contribution in [1.29, 1.82) is 0 Å². The number of hydrogen-bond acceptors (Lipinski definition) is 4. The van der Waals surface area contributed by atoms with E-state index in [9.17, 15) is 14.7 Å². The van der Waals surface area contributed by atoms with Crippen molar-refractivity contribution in [3.8, 4) is 0 Å². The number of hydrogen-bond donors (Lipinski definition) is 1. The summed E-state index contributed by atoms with van der Waals surface area (Å²) in [6.07, 6.45) is 0.674. The van der Waals surface area contributed by atoms with Gasteiger partial charge in [-0.05, 0) is 44.8 Å². The molecule has 1 aliphatic rings. The average Bonchev–Trinajstić information content (AvgIpc) is 2.93. The van der Waals surface area contributed by atoms with E-state index in [1.165, 1.54) is 4.90 Å². The Hall–Kier alpha value is -2.34. The number of amides is 1. The highest BCUT2D eigenvalue weighted by Gasteiger charge is 2.46. The predicted molar refractivity (Wildman–Crippen MR) is 115 cm³/mol. The van der Waals surface area contributed by atoms with Crippen LogP contribution in [0.5, 0.6) is 0 Å². The number of aliphatic hydroxyl groups is 1. The van der Waals surface area contributed by atoms with Crippen LogP contribution in [0.3, 0.4) is 0 Å². The highest BCUT2D eigenvalue weighted by Crippen LogP contribution is 2.42. The molecule has 1 aliphatic heterocycles. The number of benzene rings is 2. The van der Waals surface area contributed by atoms with Gasteiger partial charge in [0, 0.05) is 22.2 Å². The Bertz CT molecular complexity index is 958. The van der Waals surface area contributed by atoms with Crippen LogP contribution in [0.1, 0.15) is 23.6 Å². The first-order chi connectivity index (χ1) is 13.8. The van der Waals surface area contributed by atoms with Crippen LogP contribution in [-0.2, 0) is 9.59 Å². The fraction of sp³-hybridized carbons (Fsp3) is 0.273. The van der Waals surface area contributed by atoms with E-state index in [4.69, 9.17) is 23.2 Å². The molecule has 1 heterocycles. The van der Waals surface area contributed by atoms with Crippen LogP contribution in [0.2, 0.25) is 10.0 Å². The molecule has 2 aromatic rings. The molecule has 0 saturated carbocycles. The second-order valence-electron chi connectivity index (χ2n) is 7.18. The Kier molecular flexibility index (Phi) is 6.63. The number of rotatable bonds is 6. The molecule has 7 heteroatoms. The van der Waals surface area contributed by atoms with Gasteiger partial charge < -0.3 is 14.9 Å². The summed E-state index contributed by atoms with van der Waals surface area (Å²) in [4.78, 5) is 29.2. The molecule has 29 heavy (non-hydrogen) atoms. The van der Waals surface area contributed by atoms with Crippen LogP contribution in [-0.4, -0.2) is 53.8 Å². The first-order valence-electron chi connectivity index (χ1n) is 9.24.